The Hall–Kier alpha value is -1.90. The Morgan fingerprint density at radius 2 is 1.57 bits per heavy atom. The number of Topliss-reactive ketones (excluding diaryl/α,β-unsaturated/α-hetero) is 1. The van der Waals surface area contributed by atoms with Crippen molar-refractivity contribution in [3.05, 3.63) is 41.5 Å². The highest BCUT2D eigenvalue weighted by Crippen LogP contribution is 2.22. The molecule has 0 heterocycles. The molecule has 1 N–H and O–H groups in total. The van der Waals surface area contributed by atoms with Gasteiger partial charge >= 0.3 is 0 Å². The Morgan fingerprint density at radius 3 is 2.33 bits per heavy atom. The number of hydrogen-bond acceptors (Lipinski definition) is 3. The van der Waals surface area contributed by atoms with Crippen LogP contribution in [-0.2, 0) is 4.79 Å². The van der Waals surface area contributed by atoms with Crippen LogP contribution in [0.15, 0.2) is 30.3 Å². The number of ketones is 2. The maximum absolute atomic E-state index is 11.8. The minimum absolute atomic E-state index is 0.407. The largest absolute Gasteiger partial charge is 0.384 e. The molecule has 0 amide bonds. The highest BCUT2D eigenvalue weighted by molar-refractivity contribution is 6.50. The molecule has 0 radical (unpaired) electrons. The summed E-state index contributed by atoms with van der Waals surface area (Å²) in [5.74, 6) is -0.838. The van der Waals surface area contributed by atoms with E-state index >= 15 is 0 Å². The van der Waals surface area contributed by atoms with E-state index in [0.29, 0.717) is 5.56 Å². The Balaban J connectivity index is 1.87. The van der Waals surface area contributed by atoms with Crippen LogP contribution in [0.1, 0.15) is 61.4 Å². The summed E-state index contributed by atoms with van der Waals surface area (Å²) in [6.07, 6.45) is 8.86. The Bertz CT molecular complexity index is 546. The minimum Gasteiger partial charge on any atom is -0.384 e. The second-order valence-corrected chi connectivity index (χ2v) is 5.49. The van der Waals surface area contributed by atoms with Crippen molar-refractivity contribution in [3.63, 3.8) is 0 Å². The zero-order valence-corrected chi connectivity index (χ0v) is 12.7. The van der Waals surface area contributed by atoms with E-state index < -0.39 is 11.6 Å². The van der Waals surface area contributed by atoms with E-state index in [1.807, 2.05) is 12.1 Å². The summed E-state index contributed by atoms with van der Waals surface area (Å²) < 4.78 is 0. The number of nitrogens with one attached hydrogen (secondary N) is 1. The first-order valence-corrected chi connectivity index (χ1v) is 7.87. The van der Waals surface area contributed by atoms with Crippen LogP contribution in [0.5, 0.6) is 0 Å². The van der Waals surface area contributed by atoms with Gasteiger partial charge in [-0.25, -0.2) is 0 Å². The standard InChI is InChI=1S/C18H23NO2/c1-2-3-4-5-6-9-12-19-16-13-17(20)18(21)15-11-8-7-10-14(15)16/h7-8,10-11,13,19H,2-6,9,12H2,1H3. The first-order valence-electron chi connectivity index (χ1n) is 7.87. The monoisotopic (exact) mass is 285 g/mol. The van der Waals surface area contributed by atoms with Crippen LogP contribution < -0.4 is 5.32 Å². The third-order valence-corrected chi connectivity index (χ3v) is 3.81. The Kier molecular flexibility index (Phi) is 5.73. The van der Waals surface area contributed by atoms with Crippen LogP contribution in [-0.4, -0.2) is 18.1 Å². The number of allylic oxidation sites excluding steroid dienone is 1. The fraction of sp³-hybridized carbons (Fsp3) is 0.444. The van der Waals surface area contributed by atoms with Gasteiger partial charge < -0.3 is 5.32 Å². The SMILES string of the molecule is CCCCCCCCNC1=CC(=O)C(=O)c2ccccc21. The quantitative estimate of drug-likeness (QED) is 0.584. The molecule has 0 aliphatic heterocycles. The predicted molar refractivity (Wildman–Crippen MR) is 85.1 cm³/mol. The molecule has 1 aliphatic carbocycles. The number of rotatable bonds is 8. The molecule has 3 nitrogen and oxygen atoms in total. The first-order chi connectivity index (χ1) is 10.2. The summed E-state index contributed by atoms with van der Waals surface area (Å²) in [6, 6.07) is 7.29. The second-order valence-electron chi connectivity index (χ2n) is 5.49. The van der Waals surface area contributed by atoms with Gasteiger partial charge in [0.2, 0.25) is 11.6 Å². The predicted octanol–water partition coefficient (Wildman–Crippen LogP) is 3.74. The number of fused-ring (bicyclic) bond motifs is 1. The molecule has 0 unspecified atom stereocenters. The van der Waals surface area contributed by atoms with Crippen molar-refractivity contribution in [2.24, 2.45) is 0 Å². The lowest BCUT2D eigenvalue weighted by molar-refractivity contribution is -0.111. The zero-order valence-electron chi connectivity index (χ0n) is 12.7. The molecular formula is C18H23NO2. The van der Waals surface area contributed by atoms with Gasteiger partial charge in [0.1, 0.15) is 0 Å². The van der Waals surface area contributed by atoms with E-state index in [0.717, 1.165) is 24.2 Å². The molecule has 1 aromatic rings. The van der Waals surface area contributed by atoms with Gasteiger partial charge in [0, 0.05) is 29.4 Å². The van der Waals surface area contributed by atoms with Crippen LogP contribution in [0.3, 0.4) is 0 Å². The fourth-order valence-corrected chi connectivity index (χ4v) is 2.60. The van der Waals surface area contributed by atoms with Crippen LogP contribution in [0.4, 0.5) is 0 Å². The van der Waals surface area contributed by atoms with Gasteiger partial charge in [-0.15, -0.1) is 0 Å². The van der Waals surface area contributed by atoms with E-state index in [1.54, 1.807) is 12.1 Å². The van der Waals surface area contributed by atoms with Crippen LogP contribution in [0.2, 0.25) is 0 Å². The van der Waals surface area contributed by atoms with Gasteiger partial charge in [-0.1, -0.05) is 63.3 Å². The molecule has 0 spiro atoms. The van der Waals surface area contributed by atoms with E-state index in [4.69, 9.17) is 0 Å². The number of carbonyl (C=O) groups excluding carboxylic acids is 2. The third-order valence-electron chi connectivity index (χ3n) is 3.81. The van der Waals surface area contributed by atoms with Crippen molar-refractivity contribution in [3.8, 4) is 0 Å². The average Bonchev–Trinajstić information content (AvgIpc) is 2.51. The zero-order chi connectivity index (χ0) is 15.1. The molecule has 1 aliphatic rings. The first kappa shape index (κ1) is 15.5. The highest BCUT2D eigenvalue weighted by Gasteiger charge is 2.24. The number of hydrogen-bond donors (Lipinski definition) is 1. The van der Waals surface area contributed by atoms with Crippen LogP contribution in [0.25, 0.3) is 5.70 Å². The molecule has 3 heteroatoms. The molecule has 21 heavy (non-hydrogen) atoms. The van der Waals surface area contributed by atoms with Crippen LogP contribution in [0, 0.1) is 0 Å². The molecule has 0 saturated carbocycles. The maximum Gasteiger partial charge on any atom is 0.233 e. The lowest BCUT2D eigenvalue weighted by Gasteiger charge is -2.17. The topological polar surface area (TPSA) is 46.2 Å². The minimum atomic E-state index is -0.431. The summed E-state index contributed by atoms with van der Waals surface area (Å²) in [7, 11) is 0. The summed E-state index contributed by atoms with van der Waals surface area (Å²) in [5, 5.41) is 3.31. The van der Waals surface area contributed by atoms with Gasteiger partial charge in [-0.2, -0.15) is 0 Å². The Labute approximate surface area is 126 Å². The van der Waals surface area contributed by atoms with Crippen molar-refractivity contribution >= 4 is 17.3 Å². The fourth-order valence-electron chi connectivity index (χ4n) is 2.60. The van der Waals surface area contributed by atoms with Gasteiger partial charge in [0.05, 0.1) is 0 Å². The summed E-state index contributed by atoms with van der Waals surface area (Å²) >= 11 is 0. The number of carbonyl (C=O) groups is 2. The molecule has 0 bridgehead atoms. The summed E-state index contributed by atoms with van der Waals surface area (Å²) in [4.78, 5) is 23.5. The lowest BCUT2D eigenvalue weighted by Crippen LogP contribution is -2.24. The van der Waals surface area contributed by atoms with Crippen LogP contribution >= 0.6 is 0 Å². The van der Waals surface area contributed by atoms with Crippen molar-refractivity contribution in [1.82, 2.24) is 5.32 Å². The molecular weight excluding hydrogens is 262 g/mol. The summed E-state index contributed by atoms with van der Waals surface area (Å²) in [6.45, 7) is 3.06. The van der Waals surface area contributed by atoms with Gasteiger partial charge in [0.15, 0.2) is 0 Å². The van der Waals surface area contributed by atoms with E-state index in [9.17, 15) is 9.59 Å². The second kappa shape index (κ2) is 7.77. The van der Waals surface area contributed by atoms with E-state index in [2.05, 4.69) is 12.2 Å². The highest BCUT2D eigenvalue weighted by atomic mass is 16.2. The molecule has 2 rings (SSSR count). The number of benzene rings is 1. The molecule has 112 valence electrons. The lowest BCUT2D eigenvalue weighted by atomic mass is 9.93. The molecule has 0 atom stereocenters. The van der Waals surface area contributed by atoms with Gasteiger partial charge in [0.25, 0.3) is 0 Å². The van der Waals surface area contributed by atoms with E-state index in [1.165, 1.54) is 38.2 Å². The molecule has 0 aromatic heterocycles. The third kappa shape index (κ3) is 4.03. The smallest absolute Gasteiger partial charge is 0.233 e. The average molecular weight is 285 g/mol. The Morgan fingerprint density at radius 1 is 0.905 bits per heavy atom. The number of unbranched alkanes of at least 4 members (excludes halogenated alkanes) is 5. The maximum atomic E-state index is 11.8. The molecule has 0 saturated heterocycles. The van der Waals surface area contributed by atoms with Gasteiger partial charge in [-0.05, 0) is 6.42 Å². The van der Waals surface area contributed by atoms with Crippen molar-refractivity contribution in [1.29, 1.82) is 0 Å². The normalized spacial score (nSPS) is 13.9. The molecule has 0 fully saturated rings. The van der Waals surface area contributed by atoms with E-state index in [-0.39, 0.29) is 0 Å². The van der Waals surface area contributed by atoms with Crippen molar-refractivity contribution < 1.29 is 9.59 Å². The van der Waals surface area contributed by atoms with Crippen molar-refractivity contribution in [2.75, 3.05) is 6.54 Å². The van der Waals surface area contributed by atoms with Crippen molar-refractivity contribution in [2.45, 2.75) is 45.4 Å². The molecule has 1 aromatic carbocycles. The summed E-state index contributed by atoms with van der Waals surface area (Å²) in [5.41, 5.74) is 2.13. The van der Waals surface area contributed by atoms with Gasteiger partial charge in [-0.3, -0.25) is 9.59 Å².